The molecule has 5 amide bonds. The van der Waals surface area contributed by atoms with Gasteiger partial charge in [0.15, 0.2) is 0 Å². The number of ether oxygens (including phenoxy) is 1. The molecule has 2 heterocycles. The van der Waals surface area contributed by atoms with E-state index in [9.17, 15) is 19.2 Å². The highest BCUT2D eigenvalue weighted by Gasteiger charge is 2.51. The number of hydrogen-bond donors (Lipinski definition) is 1. The Labute approximate surface area is 173 Å². The van der Waals surface area contributed by atoms with Crippen LogP contribution >= 0.6 is 0 Å². The lowest BCUT2D eigenvalue weighted by molar-refractivity contribution is -0.131. The summed E-state index contributed by atoms with van der Waals surface area (Å²) in [5.74, 6) is -0.597. The van der Waals surface area contributed by atoms with Crippen molar-refractivity contribution < 1.29 is 23.9 Å². The average Bonchev–Trinajstić information content (AvgIpc) is 3.17. The number of urea groups is 1. The molecule has 0 aromatic heterocycles. The zero-order chi connectivity index (χ0) is 21.5. The predicted molar refractivity (Wildman–Crippen MR) is 107 cm³/mol. The second-order valence-electron chi connectivity index (χ2n) is 7.18. The summed E-state index contributed by atoms with van der Waals surface area (Å²) in [4.78, 5) is 53.1. The molecule has 2 aromatic carbocycles. The number of imide groups is 2. The first-order valence-electron chi connectivity index (χ1n) is 9.67. The topological polar surface area (TPSA) is 96.0 Å². The predicted octanol–water partition coefficient (Wildman–Crippen LogP) is 2.15. The van der Waals surface area contributed by atoms with Gasteiger partial charge < -0.3 is 10.1 Å². The molecule has 0 radical (unpaired) electrons. The van der Waals surface area contributed by atoms with Crippen LogP contribution in [0.3, 0.4) is 0 Å². The molecule has 0 unspecified atom stereocenters. The maximum absolute atomic E-state index is 13.2. The zero-order valence-corrected chi connectivity index (χ0v) is 16.7. The summed E-state index contributed by atoms with van der Waals surface area (Å²) >= 11 is 0. The van der Waals surface area contributed by atoms with Crippen molar-refractivity contribution in [3.8, 4) is 5.75 Å². The fourth-order valence-corrected chi connectivity index (χ4v) is 3.99. The van der Waals surface area contributed by atoms with Crippen molar-refractivity contribution in [3.05, 3.63) is 65.2 Å². The molecule has 0 saturated carbocycles. The fourth-order valence-electron chi connectivity index (χ4n) is 3.99. The molecule has 1 N–H and O–H groups in total. The number of carbonyl (C=O) groups is 4. The standard InChI is InChI=1S/C22H21N3O5/c1-3-22(14-8-10-15(30-2)11-9-14)20(28)25(21(29)23-22)13-12-24-18(26)16-6-4-5-7-17(16)19(24)27/h4-11H,3,12-13H2,1-2H3,(H,23,29)/t22-/m1/s1. The third-order valence-corrected chi connectivity index (χ3v) is 5.71. The Morgan fingerprint density at radius 2 is 1.43 bits per heavy atom. The van der Waals surface area contributed by atoms with Gasteiger partial charge in [-0.3, -0.25) is 24.2 Å². The van der Waals surface area contributed by atoms with E-state index in [1.54, 1.807) is 55.6 Å². The van der Waals surface area contributed by atoms with Gasteiger partial charge in [0, 0.05) is 13.1 Å². The maximum Gasteiger partial charge on any atom is 0.325 e. The van der Waals surface area contributed by atoms with Crippen LogP contribution in [0.2, 0.25) is 0 Å². The van der Waals surface area contributed by atoms with Crippen LogP contribution in [0.15, 0.2) is 48.5 Å². The largest absolute Gasteiger partial charge is 0.497 e. The number of rotatable bonds is 6. The van der Waals surface area contributed by atoms with Crippen LogP contribution in [-0.2, 0) is 10.3 Å². The Balaban J connectivity index is 1.53. The molecule has 1 atom stereocenters. The highest BCUT2D eigenvalue weighted by Crippen LogP contribution is 2.33. The van der Waals surface area contributed by atoms with Gasteiger partial charge in [0.1, 0.15) is 11.3 Å². The highest BCUT2D eigenvalue weighted by molar-refractivity contribution is 6.21. The molecule has 30 heavy (non-hydrogen) atoms. The third-order valence-electron chi connectivity index (χ3n) is 5.71. The molecule has 0 spiro atoms. The lowest BCUT2D eigenvalue weighted by Crippen LogP contribution is -2.44. The lowest BCUT2D eigenvalue weighted by atomic mass is 9.87. The van der Waals surface area contributed by atoms with Gasteiger partial charge in [0.2, 0.25) is 0 Å². The monoisotopic (exact) mass is 407 g/mol. The molecule has 2 aliphatic rings. The van der Waals surface area contributed by atoms with Crippen molar-refractivity contribution in [3.63, 3.8) is 0 Å². The fraction of sp³-hybridized carbons (Fsp3) is 0.273. The van der Waals surface area contributed by atoms with Crippen LogP contribution in [0, 0.1) is 0 Å². The van der Waals surface area contributed by atoms with E-state index < -0.39 is 29.3 Å². The van der Waals surface area contributed by atoms with Crippen LogP contribution in [0.1, 0.15) is 39.6 Å². The number of benzene rings is 2. The van der Waals surface area contributed by atoms with Crippen LogP contribution in [-0.4, -0.2) is 53.8 Å². The molecule has 8 heteroatoms. The molecule has 0 bridgehead atoms. The van der Waals surface area contributed by atoms with Gasteiger partial charge >= 0.3 is 6.03 Å². The minimum absolute atomic E-state index is 0.0616. The number of amides is 5. The molecule has 2 aliphatic heterocycles. The van der Waals surface area contributed by atoms with Gasteiger partial charge in [-0.25, -0.2) is 4.79 Å². The second-order valence-corrected chi connectivity index (χ2v) is 7.18. The van der Waals surface area contributed by atoms with Crippen LogP contribution in [0.25, 0.3) is 0 Å². The number of nitrogens with one attached hydrogen (secondary N) is 1. The number of fused-ring (bicyclic) bond motifs is 1. The minimum Gasteiger partial charge on any atom is -0.497 e. The lowest BCUT2D eigenvalue weighted by Gasteiger charge is -2.26. The Kier molecular flexibility index (Phi) is 4.77. The van der Waals surface area contributed by atoms with Crippen molar-refractivity contribution in [2.45, 2.75) is 18.9 Å². The van der Waals surface area contributed by atoms with E-state index in [0.717, 1.165) is 9.80 Å². The molecular weight excluding hydrogens is 386 g/mol. The van der Waals surface area contributed by atoms with Crippen LogP contribution in [0.5, 0.6) is 5.75 Å². The Bertz CT molecular complexity index is 1010. The van der Waals surface area contributed by atoms with E-state index in [1.807, 2.05) is 6.92 Å². The number of methoxy groups -OCH3 is 1. The summed E-state index contributed by atoms with van der Waals surface area (Å²) in [5, 5.41) is 2.79. The van der Waals surface area contributed by atoms with Crippen LogP contribution < -0.4 is 10.1 Å². The first kappa shape index (κ1) is 19.6. The molecule has 1 fully saturated rings. The molecule has 154 valence electrons. The summed E-state index contributed by atoms with van der Waals surface area (Å²) in [5.41, 5.74) is 0.125. The van der Waals surface area contributed by atoms with Gasteiger partial charge in [-0.1, -0.05) is 31.2 Å². The van der Waals surface area contributed by atoms with Gasteiger partial charge in [-0.15, -0.1) is 0 Å². The van der Waals surface area contributed by atoms with Crippen molar-refractivity contribution >= 4 is 23.8 Å². The zero-order valence-electron chi connectivity index (χ0n) is 16.7. The number of nitrogens with zero attached hydrogens (tertiary/aromatic N) is 2. The molecule has 4 rings (SSSR count). The Hall–Kier alpha value is -3.68. The third kappa shape index (κ3) is 2.83. The van der Waals surface area contributed by atoms with E-state index >= 15 is 0 Å². The Morgan fingerprint density at radius 1 is 0.867 bits per heavy atom. The van der Waals surface area contributed by atoms with E-state index in [-0.39, 0.29) is 13.1 Å². The minimum atomic E-state index is -1.19. The summed E-state index contributed by atoms with van der Waals surface area (Å²) in [6.45, 7) is 1.68. The number of carbonyl (C=O) groups excluding carboxylic acids is 4. The van der Waals surface area contributed by atoms with Gasteiger partial charge in [0.05, 0.1) is 18.2 Å². The molecule has 0 aliphatic carbocycles. The quantitative estimate of drug-likeness (QED) is 0.585. The first-order chi connectivity index (χ1) is 14.4. The Morgan fingerprint density at radius 3 is 1.97 bits per heavy atom. The molecule has 1 saturated heterocycles. The average molecular weight is 407 g/mol. The van der Waals surface area contributed by atoms with E-state index in [4.69, 9.17) is 4.74 Å². The van der Waals surface area contributed by atoms with Crippen molar-refractivity contribution in [1.29, 1.82) is 0 Å². The number of hydrogen-bond acceptors (Lipinski definition) is 5. The van der Waals surface area contributed by atoms with Crippen molar-refractivity contribution in [2.75, 3.05) is 20.2 Å². The maximum atomic E-state index is 13.2. The first-order valence-corrected chi connectivity index (χ1v) is 9.67. The van der Waals surface area contributed by atoms with Gasteiger partial charge in [-0.2, -0.15) is 0 Å². The molecular formula is C22H21N3O5. The summed E-state index contributed by atoms with van der Waals surface area (Å²) < 4.78 is 5.16. The smallest absolute Gasteiger partial charge is 0.325 e. The normalized spacial score (nSPS) is 20.6. The highest BCUT2D eigenvalue weighted by atomic mass is 16.5. The second kappa shape index (κ2) is 7.29. The molecule has 8 nitrogen and oxygen atoms in total. The van der Waals surface area contributed by atoms with E-state index in [2.05, 4.69) is 5.32 Å². The van der Waals surface area contributed by atoms with Crippen LogP contribution in [0.4, 0.5) is 4.79 Å². The van der Waals surface area contributed by atoms with E-state index in [1.165, 1.54) is 0 Å². The van der Waals surface area contributed by atoms with Crippen molar-refractivity contribution in [1.82, 2.24) is 15.1 Å². The summed E-state index contributed by atoms with van der Waals surface area (Å²) in [7, 11) is 1.55. The SMILES string of the molecule is CC[C@]1(c2ccc(OC)cc2)NC(=O)N(CCN2C(=O)c3ccccc3C2=O)C1=O. The molecule has 2 aromatic rings. The van der Waals surface area contributed by atoms with Crippen molar-refractivity contribution in [2.24, 2.45) is 0 Å². The van der Waals surface area contributed by atoms with Gasteiger partial charge in [0.25, 0.3) is 17.7 Å². The van der Waals surface area contributed by atoms with E-state index in [0.29, 0.717) is 28.9 Å². The summed E-state index contributed by atoms with van der Waals surface area (Å²) in [6, 6.07) is 13.0. The summed E-state index contributed by atoms with van der Waals surface area (Å²) in [6.07, 6.45) is 0.355. The van der Waals surface area contributed by atoms with Gasteiger partial charge in [-0.05, 0) is 36.2 Å².